The van der Waals surface area contributed by atoms with E-state index in [4.69, 9.17) is 16.0 Å². The van der Waals surface area contributed by atoms with Crippen molar-refractivity contribution in [1.82, 2.24) is 10.2 Å². The first kappa shape index (κ1) is 21.1. The van der Waals surface area contributed by atoms with Crippen LogP contribution in [0.25, 0.3) is 11.5 Å². The van der Waals surface area contributed by atoms with Crippen LogP contribution in [0, 0.1) is 10.1 Å². The maximum absolute atomic E-state index is 12.5. The predicted molar refractivity (Wildman–Crippen MR) is 119 cm³/mol. The van der Waals surface area contributed by atoms with E-state index >= 15 is 0 Å². The molecule has 1 fully saturated rings. The molecule has 1 saturated heterocycles. The van der Waals surface area contributed by atoms with E-state index in [2.05, 4.69) is 20.4 Å². The number of hydrogen-bond donors (Lipinski definition) is 1. The number of amides is 1. The molecule has 0 saturated carbocycles. The van der Waals surface area contributed by atoms with Gasteiger partial charge in [0.05, 0.1) is 22.1 Å². The summed E-state index contributed by atoms with van der Waals surface area (Å²) in [6, 6.07) is 11.4. The summed E-state index contributed by atoms with van der Waals surface area (Å²) in [7, 11) is 0. The third kappa shape index (κ3) is 5.15. The lowest BCUT2D eigenvalue weighted by molar-refractivity contribution is -0.384. The Balaban J connectivity index is 1.40. The van der Waals surface area contributed by atoms with Gasteiger partial charge in [-0.3, -0.25) is 14.9 Å². The fourth-order valence-electron chi connectivity index (χ4n) is 3.29. The van der Waals surface area contributed by atoms with E-state index in [0.717, 1.165) is 43.4 Å². The van der Waals surface area contributed by atoms with Crippen molar-refractivity contribution in [2.24, 2.45) is 0 Å². The minimum Gasteiger partial charge on any atom is -0.411 e. The molecule has 9 nitrogen and oxygen atoms in total. The molecule has 0 bridgehead atoms. The van der Waals surface area contributed by atoms with Crippen molar-refractivity contribution in [1.29, 1.82) is 0 Å². The molecule has 1 aliphatic heterocycles. The van der Waals surface area contributed by atoms with E-state index in [1.807, 2.05) is 12.1 Å². The van der Waals surface area contributed by atoms with Crippen LogP contribution in [0.4, 0.5) is 17.1 Å². The maximum Gasteiger partial charge on any atom is 0.277 e. The summed E-state index contributed by atoms with van der Waals surface area (Å²) < 4.78 is 5.54. The number of carbonyl (C=O) groups excluding carboxylic acids is 1. The van der Waals surface area contributed by atoms with Crippen LogP contribution in [0.2, 0.25) is 5.02 Å². The van der Waals surface area contributed by atoms with Crippen LogP contribution < -0.4 is 10.2 Å². The zero-order chi connectivity index (χ0) is 21.8. The zero-order valence-electron chi connectivity index (χ0n) is 16.3. The number of anilines is 2. The monoisotopic (exact) mass is 459 g/mol. The van der Waals surface area contributed by atoms with Gasteiger partial charge in [0.1, 0.15) is 0 Å². The number of nitro benzene ring substituents is 1. The Morgan fingerprint density at radius 3 is 2.81 bits per heavy atom. The van der Waals surface area contributed by atoms with Crippen LogP contribution in [0.3, 0.4) is 0 Å². The van der Waals surface area contributed by atoms with Gasteiger partial charge < -0.3 is 14.6 Å². The molecule has 1 N–H and O–H groups in total. The van der Waals surface area contributed by atoms with Gasteiger partial charge in [-0.25, -0.2) is 0 Å². The summed E-state index contributed by atoms with van der Waals surface area (Å²) in [5.74, 6) is -0.0247. The molecule has 0 aliphatic carbocycles. The normalized spacial score (nSPS) is 13.4. The summed E-state index contributed by atoms with van der Waals surface area (Å²) in [5.41, 5.74) is 1.99. The molecule has 3 aromatic rings. The summed E-state index contributed by atoms with van der Waals surface area (Å²) in [6.45, 7) is 1.89. The quantitative estimate of drug-likeness (QED) is 0.309. The zero-order valence-corrected chi connectivity index (χ0v) is 17.9. The highest BCUT2D eigenvalue weighted by molar-refractivity contribution is 7.99. The third-order valence-electron chi connectivity index (χ3n) is 4.72. The first-order valence-corrected chi connectivity index (χ1v) is 10.9. The lowest BCUT2D eigenvalue weighted by atomic mass is 10.2. The van der Waals surface area contributed by atoms with Gasteiger partial charge in [0.15, 0.2) is 0 Å². The molecule has 4 rings (SSSR count). The highest BCUT2D eigenvalue weighted by Crippen LogP contribution is 2.32. The molecule has 2 heterocycles. The number of nitrogens with one attached hydrogen (secondary N) is 1. The summed E-state index contributed by atoms with van der Waals surface area (Å²) in [5, 5.41) is 22.4. The largest absolute Gasteiger partial charge is 0.411 e. The number of rotatable bonds is 7. The second-order valence-electron chi connectivity index (χ2n) is 6.87. The smallest absolute Gasteiger partial charge is 0.277 e. The van der Waals surface area contributed by atoms with Crippen LogP contribution in [-0.2, 0) is 4.79 Å². The number of aromatic nitrogens is 2. The number of hydrogen-bond acceptors (Lipinski definition) is 8. The number of benzene rings is 2. The Hall–Kier alpha value is -3.11. The Morgan fingerprint density at radius 1 is 1.23 bits per heavy atom. The van der Waals surface area contributed by atoms with Gasteiger partial charge in [-0.15, -0.1) is 10.2 Å². The summed E-state index contributed by atoms with van der Waals surface area (Å²) in [4.78, 5) is 25.2. The first-order valence-electron chi connectivity index (χ1n) is 9.55. The molecule has 1 amide bonds. The number of carbonyl (C=O) groups is 1. The fourth-order valence-corrected chi connectivity index (χ4v) is 4.03. The number of nitrogens with zero attached hydrogens (tertiary/aromatic N) is 4. The Kier molecular flexibility index (Phi) is 6.38. The van der Waals surface area contributed by atoms with Crippen molar-refractivity contribution in [3.63, 3.8) is 0 Å². The van der Waals surface area contributed by atoms with E-state index in [0.29, 0.717) is 16.3 Å². The predicted octanol–water partition coefficient (Wildman–Crippen LogP) is 4.63. The minimum absolute atomic E-state index is 0.0581. The van der Waals surface area contributed by atoms with Crippen LogP contribution in [0.15, 0.2) is 52.1 Å². The van der Waals surface area contributed by atoms with Crippen molar-refractivity contribution in [2.45, 2.75) is 18.1 Å². The number of halogens is 1. The molecule has 2 aromatic carbocycles. The Bertz CT molecular complexity index is 1120. The van der Waals surface area contributed by atoms with E-state index in [-0.39, 0.29) is 28.5 Å². The summed E-state index contributed by atoms with van der Waals surface area (Å²) >= 11 is 7.20. The third-order valence-corrected chi connectivity index (χ3v) is 5.77. The van der Waals surface area contributed by atoms with Gasteiger partial charge in [0, 0.05) is 35.8 Å². The molecule has 31 heavy (non-hydrogen) atoms. The van der Waals surface area contributed by atoms with E-state index in [9.17, 15) is 14.9 Å². The SMILES string of the molecule is O=C(CSc1nnc(-c2cccc([N+](=O)[O-])c2)o1)Nc1cc(Cl)ccc1N1CCCC1. The van der Waals surface area contributed by atoms with E-state index < -0.39 is 4.92 Å². The van der Waals surface area contributed by atoms with Gasteiger partial charge in [-0.1, -0.05) is 29.4 Å². The van der Waals surface area contributed by atoms with Crippen molar-refractivity contribution >= 4 is 46.3 Å². The highest BCUT2D eigenvalue weighted by atomic mass is 35.5. The van der Waals surface area contributed by atoms with Crippen LogP contribution >= 0.6 is 23.4 Å². The lowest BCUT2D eigenvalue weighted by Gasteiger charge is -2.21. The number of thioether (sulfide) groups is 1. The second-order valence-corrected chi connectivity index (χ2v) is 8.24. The van der Waals surface area contributed by atoms with Crippen LogP contribution in [-0.4, -0.2) is 39.9 Å². The molecule has 1 aliphatic rings. The molecular weight excluding hydrogens is 442 g/mol. The van der Waals surface area contributed by atoms with Crippen molar-refractivity contribution in [3.05, 3.63) is 57.6 Å². The van der Waals surface area contributed by atoms with E-state index in [1.165, 1.54) is 12.1 Å². The molecule has 1 aromatic heterocycles. The summed E-state index contributed by atoms with van der Waals surface area (Å²) in [6.07, 6.45) is 2.24. The van der Waals surface area contributed by atoms with Crippen molar-refractivity contribution in [2.75, 3.05) is 29.1 Å². The molecule has 0 atom stereocenters. The first-order chi connectivity index (χ1) is 15.0. The lowest BCUT2D eigenvalue weighted by Crippen LogP contribution is -2.21. The van der Waals surface area contributed by atoms with Gasteiger partial charge in [0.25, 0.3) is 10.9 Å². The minimum atomic E-state index is -0.494. The van der Waals surface area contributed by atoms with Gasteiger partial charge in [-0.05, 0) is 37.1 Å². The average molecular weight is 460 g/mol. The van der Waals surface area contributed by atoms with Crippen molar-refractivity contribution in [3.8, 4) is 11.5 Å². The van der Waals surface area contributed by atoms with Gasteiger partial charge >= 0.3 is 0 Å². The van der Waals surface area contributed by atoms with Crippen molar-refractivity contribution < 1.29 is 14.1 Å². The number of nitro groups is 1. The van der Waals surface area contributed by atoms with Crippen LogP contribution in [0.5, 0.6) is 0 Å². The average Bonchev–Trinajstić information content (AvgIpc) is 3.45. The fraction of sp³-hybridized carbons (Fsp3) is 0.250. The maximum atomic E-state index is 12.5. The molecular formula is C20H18ClN5O4S. The second kappa shape index (κ2) is 9.36. The van der Waals surface area contributed by atoms with Crippen LogP contribution in [0.1, 0.15) is 12.8 Å². The molecule has 0 spiro atoms. The Morgan fingerprint density at radius 2 is 2.03 bits per heavy atom. The van der Waals surface area contributed by atoms with Gasteiger partial charge in [0.2, 0.25) is 11.8 Å². The Labute approximate surface area is 186 Å². The molecule has 160 valence electrons. The highest BCUT2D eigenvalue weighted by Gasteiger charge is 2.18. The van der Waals surface area contributed by atoms with E-state index in [1.54, 1.807) is 18.2 Å². The molecule has 0 unspecified atom stereocenters. The number of non-ortho nitro benzene ring substituents is 1. The molecule has 0 radical (unpaired) electrons. The topological polar surface area (TPSA) is 114 Å². The molecule has 11 heteroatoms. The standard InChI is InChI=1S/C20H18ClN5O4S/c21-14-6-7-17(25-8-1-2-9-25)16(11-14)22-18(27)12-31-20-24-23-19(30-20)13-4-3-5-15(10-13)26(28)29/h3-7,10-11H,1-2,8-9,12H2,(H,22,27). The van der Waals surface area contributed by atoms with Gasteiger partial charge in [-0.2, -0.15) is 0 Å².